The van der Waals surface area contributed by atoms with Crippen molar-refractivity contribution in [1.29, 1.82) is 0 Å². The predicted octanol–water partition coefficient (Wildman–Crippen LogP) is -0.577. The number of nitrogens with zero attached hydrogens (tertiary/aromatic N) is 1. The van der Waals surface area contributed by atoms with Gasteiger partial charge in [-0.2, -0.15) is 0 Å². The van der Waals surface area contributed by atoms with Crippen LogP contribution in [0.1, 0.15) is 26.2 Å². The van der Waals surface area contributed by atoms with E-state index >= 15 is 0 Å². The highest BCUT2D eigenvalue weighted by Gasteiger charge is 2.54. The Kier molecular flexibility index (Phi) is 9.07. The number of alkyl halides is 1. The number of ether oxygens (including phenoxy) is 1. The summed E-state index contributed by atoms with van der Waals surface area (Å²) < 4.78 is 4.86. The van der Waals surface area contributed by atoms with E-state index in [0.29, 0.717) is 0 Å². The molecule has 0 radical (unpaired) electrons. The van der Waals surface area contributed by atoms with E-state index in [2.05, 4.69) is 26.6 Å². The number of β-lactam (4-membered cyclic amide) rings is 1. The first kappa shape index (κ1) is 25.6. The van der Waals surface area contributed by atoms with Gasteiger partial charge in [0.15, 0.2) is 0 Å². The van der Waals surface area contributed by atoms with Gasteiger partial charge in [0.2, 0.25) is 11.8 Å². The van der Waals surface area contributed by atoms with E-state index in [9.17, 15) is 33.9 Å². The number of thioether (sulfide) groups is 1. The molecule has 1 saturated heterocycles. The summed E-state index contributed by atoms with van der Waals surface area (Å²) in [5, 5.41) is 22.8. The van der Waals surface area contributed by atoms with Gasteiger partial charge in [0, 0.05) is 24.7 Å². The average Bonchev–Trinajstić information content (AvgIpc) is 2.73. The topological polar surface area (TPSA) is 179 Å². The molecule has 0 unspecified atom stereocenters. The van der Waals surface area contributed by atoms with Gasteiger partial charge in [-0.3, -0.25) is 24.1 Å². The highest BCUT2D eigenvalue weighted by Crippen LogP contribution is 2.40. The van der Waals surface area contributed by atoms with Gasteiger partial charge in [0.05, 0.1) is 5.33 Å². The van der Waals surface area contributed by atoms with Crippen molar-refractivity contribution in [3.05, 3.63) is 11.3 Å². The molecule has 2 rings (SSSR count). The molecule has 0 spiro atoms. The summed E-state index contributed by atoms with van der Waals surface area (Å²) in [5.41, 5.74) is 0.0367. The summed E-state index contributed by atoms with van der Waals surface area (Å²) >= 11 is 4.16. The van der Waals surface area contributed by atoms with E-state index in [1.54, 1.807) is 0 Å². The number of rotatable bonds is 11. The zero-order valence-electron chi connectivity index (χ0n) is 17.0. The van der Waals surface area contributed by atoms with Crippen LogP contribution in [-0.4, -0.2) is 85.9 Å². The smallest absolute Gasteiger partial charge is 0.352 e. The number of hydrogen-bond donors (Lipinski definition) is 4. The fraction of sp³-hybridized carbons (Fsp3) is 0.556. The quantitative estimate of drug-likeness (QED) is 0.152. The largest absolute Gasteiger partial charge is 0.480 e. The number of carboxylic acid groups (broad SMARTS) is 2. The minimum atomic E-state index is -1.33. The lowest BCUT2D eigenvalue weighted by molar-refractivity contribution is -0.151. The normalized spacial score (nSPS) is 20.6. The Morgan fingerprint density at radius 1 is 1.25 bits per heavy atom. The van der Waals surface area contributed by atoms with Gasteiger partial charge in [-0.1, -0.05) is 15.9 Å². The van der Waals surface area contributed by atoms with Crippen LogP contribution in [0.4, 0.5) is 0 Å². The van der Waals surface area contributed by atoms with Crippen LogP contribution < -0.4 is 10.6 Å². The van der Waals surface area contributed by atoms with E-state index in [1.165, 1.54) is 18.7 Å². The van der Waals surface area contributed by atoms with E-state index in [-0.39, 0.29) is 48.2 Å². The molecule has 0 aromatic rings. The summed E-state index contributed by atoms with van der Waals surface area (Å²) in [6, 6.07) is -2.05. The van der Waals surface area contributed by atoms with Crippen LogP contribution in [0.15, 0.2) is 11.3 Å². The van der Waals surface area contributed by atoms with Gasteiger partial charge in [0.1, 0.15) is 29.8 Å². The number of carboxylic acids is 2. The van der Waals surface area contributed by atoms with Gasteiger partial charge in [-0.05, 0) is 12.8 Å². The molecule has 0 saturated carbocycles. The maximum absolute atomic E-state index is 12.5. The van der Waals surface area contributed by atoms with Crippen LogP contribution in [0.5, 0.6) is 0 Å². The van der Waals surface area contributed by atoms with Gasteiger partial charge >= 0.3 is 17.9 Å². The molecule has 3 amide bonds. The third kappa shape index (κ3) is 6.22. The number of carbonyl (C=O) groups is 6. The van der Waals surface area contributed by atoms with Crippen molar-refractivity contribution in [3.63, 3.8) is 0 Å². The van der Waals surface area contributed by atoms with Crippen LogP contribution >= 0.6 is 27.7 Å². The zero-order chi connectivity index (χ0) is 24.0. The maximum atomic E-state index is 12.5. The van der Waals surface area contributed by atoms with Crippen molar-refractivity contribution >= 4 is 63.3 Å². The number of amides is 3. The molecule has 2 heterocycles. The van der Waals surface area contributed by atoms with Crippen molar-refractivity contribution in [2.75, 3.05) is 17.7 Å². The van der Waals surface area contributed by atoms with E-state index in [4.69, 9.17) is 9.84 Å². The van der Waals surface area contributed by atoms with Crippen LogP contribution in [0, 0.1) is 0 Å². The van der Waals surface area contributed by atoms with E-state index < -0.39 is 53.1 Å². The number of carbonyl (C=O) groups excluding carboxylic acids is 4. The lowest BCUT2D eigenvalue weighted by Crippen LogP contribution is -2.70. The Balaban J connectivity index is 1.92. The van der Waals surface area contributed by atoms with E-state index in [1.807, 2.05) is 0 Å². The summed E-state index contributed by atoms with van der Waals surface area (Å²) in [6.07, 6.45) is 0.102. The predicted molar refractivity (Wildman–Crippen MR) is 114 cm³/mol. The molecule has 1 fully saturated rings. The van der Waals surface area contributed by atoms with Crippen LogP contribution in [-0.2, 0) is 33.5 Å². The second-order valence-corrected chi connectivity index (χ2v) is 8.64. The fourth-order valence-electron chi connectivity index (χ4n) is 3.19. The molecule has 0 aromatic carbocycles. The summed E-state index contributed by atoms with van der Waals surface area (Å²) in [4.78, 5) is 71.0. The lowest BCUT2D eigenvalue weighted by Gasteiger charge is -2.49. The van der Waals surface area contributed by atoms with Crippen LogP contribution in [0.25, 0.3) is 0 Å². The van der Waals surface area contributed by atoms with Gasteiger partial charge < -0.3 is 25.6 Å². The van der Waals surface area contributed by atoms with Gasteiger partial charge in [-0.25, -0.2) is 9.59 Å². The Morgan fingerprint density at radius 2 is 1.94 bits per heavy atom. The van der Waals surface area contributed by atoms with Crippen LogP contribution in [0.2, 0.25) is 0 Å². The second-order valence-electron chi connectivity index (χ2n) is 6.98. The minimum absolute atomic E-state index is 0.0236. The maximum Gasteiger partial charge on any atom is 0.352 e. The standard InChI is InChI=1S/C18H22BrN3O9S/c1-8(23)31-6-9-7-32-16-13(15(26)22(16)14(9)18(29)30)21-11(24)4-2-3-10(17(27)28)20-12(25)5-19/h10,13,16H,2-7H2,1H3,(H,20,25)(H,21,24)(H,27,28)(H,29,30)/t10-,13-,16-/m1/s1. The molecular weight excluding hydrogens is 514 g/mol. The first-order valence-electron chi connectivity index (χ1n) is 9.47. The number of nitrogens with one attached hydrogen (secondary N) is 2. The third-order valence-electron chi connectivity index (χ3n) is 4.67. The van der Waals surface area contributed by atoms with E-state index in [0.717, 1.165) is 4.90 Å². The minimum Gasteiger partial charge on any atom is -0.480 e. The number of fused-ring (bicyclic) bond motifs is 1. The monoisotopic (exact) mass is 535 g/mol. The highest BCUT2D eigenvalue weighted by molar-refractivity contribution is 9.09. The van der Waals surface area contributed by atoms with Crippen molar-refractivity contribution in [2.45, 2.75) is 43.6 Å². The SMILES string of the molecule is CC(=O)OCC1=C(C(=O)O)N2C(=O)[C@@H](NC(=O)CCC[C@@H](NC(=O)CBr)C(=O)O)[C@H]2SC1. The zero-order valence-corrected chi connectivity index (χ0v) is 19.4. The molecule has 2 aliphatic rings. The molecule has 12 nitrogen and oxygen atoms in total. The van der Waals surface area contributed by atoms with Crippen molar-refractivity contribution in [3.8, 4) is 0 Å². The average molecular weight is 536 g/mol. The first-order valence-corrected chi connectivity index (χ1v) is 11.6. The number of hydrogen-bond acceptors (Lipinski definition) is 8. The Morgan fingerprint density at radius 3 is 2.50 bits per heavy atom. The number of halogens is 1. The van der Waals surface area contributed by atoms with Crippen molar-refractivity contribution in [1.82, 2.24) is 15.5 Å². The molecule has 0 aliphatic carbocycles. The van der Waals surface area contributed by atoms with Crippen molar-refractivity contribution in [2.24, 2.45) is 0 Å². The molecule has 4 N–H and O–H groups in total. The molecular formula is C18H22BrN3O9S. The molecule has 176 valence electrons. The van der Waals surface area contributed by atoms with Crippen molar-refractivity contribution < 1.29 is 43.7 Å². The van der Waals surface area contributed by atoms with Crippen LogP contribution in [0.3, 0.4) is 0 Å². The summed E-state index contributed by atoms with van der Waals surface area (Å²) in [7, 11) is 0. The third-order valence-corrected chi connectivity index (χ3v) is 6.52. The fourth-order valence-corrected chi connectivity index (χ4v) is 4.67. The molecule has 0 bridgehead atoms. The summed E-state index contributed by atoms with van der Waals surface area (Å²) in [5.74, 6) is -4.50. The molecule has 14 heteroatoms. The number of aliphatic carboxylic acids is 2. The van der Waals surface area contributed by atoms with Gasteiger partial charge in [-0.15, -0.1) is 11.8 Å². The Labute approximate surface area is 195 Å². The molecule has 0 aromatic heterocycles. The molecule has 3 atom stereocenters. The molecule has 2 aliphatic heterocycles. The second kappa shape index (κ2) is 11.3. The van der Waals surface area contributed by atoms with Gasteiger partial charge in [0.25, 0.3) is 5.91 Å². The highest BCUT2D eigenvalue weighted by atomic mass is 79.9. The summed E-state index contributed by atoms with van der Waals surface area (Å²) in [6.45, 7) is 0.947. The Hall–Kier alpha value is -2.61. The first-order chi connectivity index (χ1) is 15.1. The lowest BCUT2D eigenvalue weighted by atomic mass is 10.0. The molecule has 32 heavy (non-hydrogen) atoms. The number of esters is 1. The Bertz CT molecular complexity index is 863.